The van der Waals surface area contributed by atoms with E-state index >= 15 is 0 Å². The first-order valence-corrected chi connectivity index (χ1v) is 6.93. The molecule has 5 heteroatoms. The van der Waals surface area contributed by atoms with Gasteiger partial charge in [-0.3, -0.25) is 9.69 Å². The van der Waals surface area contributed by atoms with Crippen molar-refractivity contribution in [2.24, 2.45) is 0 Å². The highest BCUT2D eigenvalue weighted by molar-refractivity contribution is 5.26. The van der Waals surface area contributed by atoms with Crippen molar-refractivity contribution >= 4 is 0 Å². The van der Waals surface area contributed by atoms with Crippen LogP contribution >= 0.6 is 0 Å². The molecule has 0 bridgehead atoms. The second kappa shape index (κ2) is 6.73. The Hall–Kier alpha value is -1.33. The number of pyridine rings is 1. The van der Waals surface area contributed by atoms with E-state index in [9.17, 15) is 9.90 Å². The molecule has 1 saturated heterocycles. The van der Waals surface area contributed by atoms with Gasteiger partial charge in [0.05, 0.1) is 18.9 Å². The predicted octanol–water partition coefficient (Wildman–Crippen LogP) is 0.839. The van der Waals surface area contributed by atoms with Gasteiger partial charge >= 0.3 is 0 Å². The van der Waals surface area contributed by atoms with E-state index in [-0.39, 0.29) is 11.2 Å². The van der Waals surface area contributed by atoms with E-state index in [0.29, 0.717) is 6.42 Å². The molecule has 0 radical (unpaired) electrons. The van der Waals surface area contributed by atoms with E-state index in [0.717, 1.165) is 51.5 Å². The Morgan fingerprint density at radius 2 is 2.05 bits per heavy atom. The maximum atomic E-state index is 11.4. The number of nitrogens with zero attached hydrogens (tertiary/aromatic N) is 2. The van der Waals surface area contributed by atoms with Crippen LogP contribution in [0.5, 0.6) is 5.75 Å². The second-order valence-corrected chi connectivity index (χ2v) is 4.83. The van der Waals surface area contributed by atoms with E-state index in [1.807, 2.05) is 11.5 Å². The summed E-state index contributed by atoms with van der Waals surface area (Å²) in [5, 5.41) is 9.77. The van der Waals surface area contributed by atoms with Crippen molar-refractivity contribution in [3.05, 3.63) is 28.2 Å². The number of rotatable bonds is 5. The van der Waals surface area contributed by atoms with Crippen LogP contribution < -0.4 is 5.43 Å². The summed E-state index contributed by atoms with van der Waals surface area (Å²) in [7, 11) is 0. The lowest BCUT2D eigenvalue weighted by Gasteiger charge is -2.26. The highest BCUT2D eigenvalue weighted by Crippen LogP contribution is 2.12. The van der Waals surface area contributed by atoms with Crippen LogP contribution in [-0.2, 0) is 17.7 Å². The normalized spacial score (nSPS) is 16.7. The number of morpholine rings is 1. The SMILES string of the molecule is CCc1c(O)c(=O)ccn1CCCN1CCOCC1. The summed E-state index contributed by atoms with van der Waals surface area (Å²) in [6.07, 6.45) is 3.45. The van der Waals surface area contributed by atoms with Gasteiger partial charge in [-0.1, -0.05) is 6.92 Å². The summed E-state index contributed by atoms with van der Waals surface area (Å²) in [6.45, 7) is 7.44. The van der Waals surface area contributed by atoms with Crippen LogP contribution in [0.2, 0.25) is 0 Å². The van der Waals surface area contributed by atoms with Crippen LogP contribution in [0.3, 0.4) is 0 Å². The maximum absolute atomic E-state index is 11.4. The van der Waals surface area contributed by atoms with E-state index < -0.39 is 0 Å². The molecule has 2 heterocycles. The molecule has 0 saturated carbocycles. The zero-order chi connectivity index (χ0) is 13.7. The maximum Gasteiger partial charge on any atom is 0.223 e. The summed E-state index contributed by atoms with van der Waals surface area (Å²) in [5.41, 5.74) is 0.441. The largest absolute Gasteiger partial charge is 0.503 e. The van der Waals surface area contributed by atoms with Crippen LogP contribution in [0, 0.1) is 0 Å². The van der Waals surface area contributed by atoms with Gasteiger partial charge in [-0.25, -0.2) is 0 Å². The highest BCUT2D eigenvalue weighted by Gasteiger charge is 2.11. The first-order valence-electron chi connectivity index (χ1n) is 6.93. The van der Waals surface area contributed by atoms with Crippen LogP contribution in [0.4, 0.5) is 0 Å². The monoisotopic (exact) mass is 266 g/mol. The first kappa shape index (κ1) is 14.1. The Bertz CT molecular complexity index is 464. The molecule has 2 rings (SSSR count). The molecule has 5 nitrogen and oxygen atoms in total. The lowest BCUT2D eigenvalue weighted by atomic mass is 10.2. The van der Waals surface area contributed by atoms with Crippen molar-refractivity contribution in [2.75, 3.05) is 32.8 Å². The van der Waals surface area contributed by atoms with Crippen molar-refractivity contribution in [2.45, 2.75) is 26.3 Å². The fourth-order valence-electron chi connectivity index (χ4n) is 2.47. The third-order valence-electron chi connectivity index (χ3n) is 3.57. The molecule has 0 amide bonds. The number of hydrogen-bond acceptors (Lipinski definition) is 4. The van der Waals surface area contributed by atoms with E-state index in [1.165, 1.54) is 6.07 Å². The van der Waals surface area contributed by atoms with E-state index in [1.54, 1.807) is 6.20 Å². The predicted molar refractivity (Wildman–Crippen MR) is 73.6 cm³/mol. The number of aryl methyl sites for hydroxylation is 1. The summed E-state index contributed by atoms with van der Waals surface area (Å²) in [5.74, 6) is -0.101. The second-order valence-electron chi connectivity index (χ2n) is 4.83. The van der Waals surface area contributed by atoms with Gasteiger partial charge in [0.15, 0.2) is 5.75 Å². The van der Waals surface area contributed by atoms with Crippen LogP contribution in [0.25, 0.3) is 0 Å². The quantitative estimate of drug-likeness (QED) is 0.858. The molecule has 0 aromatic carbocycles. The van der Waals surface area contributed by atoms with Crippen LogP contribution in [0.15, 0.2) is 17.1 Å². The van der Waals surface area contributed by atoms with Crippen molar-refractivity contribution in [1.29, 1.82) is 0 Å². The van der Waals surface area contributed by atoms with Crippen molar-refractivity contribution in [3.8, 4) is 5.75 Å². The van der Waals surface area contributed by atoms with Crippen molar-refractivity contribution in [1.82, 2.24) is 9.47 Å². The smallest absolute Gasteiger partial charge is 0.223 e. The highest BCUT2D eigenvalue weighted by atomic mass is 16.5. The average Bonchev–Trinajstić information content (AvgIpc) is 2.44. The third kappa shape index (κ3) is 3.58. The minimum Gasteiger partial charge on any atom is -0.503 e. The van der Waals surface area contributed by atoms with Crippen molar-refractivity contribution in [3.63, 3.8) is 0 Å². The zero-order valence-corrected chi connectivity index (χ0v) is 11.5. The Morgan fingerprint density at radius 3 is 2.74 bits per heavy atom. The number of aromatic hydroxyl groups is 1. The molecule has 1 N–H and O–H groups in total. The van der Waals surface area contributed by atoms with Gasteiger partial charge in [0, 0.05) is 38.4 Å². The molecule has 0 atom stereocenters. The Morgan fingerprint density at radius 1 is 1.32 bits per heavy atom. The summed E-state index contributed by atoms with van der Waals surface area (Å²) >= 11 is 0. The molecule has 0 aliphatic carbocycles. The molecule has 1 aromatic heterocycles. The van der Waals surface area contributed by atoms with Gasteiger partial charge in [-0.15, -0.1) is 0 Å². The molecular weight excluding hydrogens is 244 g/mol. The fraction of sp³-hybridized carbons (Fsp3) is 0.643. The van der Waals surface area contributed by atoms with Crippen molar-refractivity contribution < 1.29 is 9.84 Å². The molecule has 1 aliphatic rings. The van der Waals surface area contributed by atoms with Gasteiger partial charge in [0.25, 0.3) is 0 Å². The molecule has 0 unspecified atom stereocenters. The van der Waals surface area contributed by atoms with Crippen LogP contribution in [0.1, 0.15) is 19.0 Å². The molecule has 106 valence electrons. The average molecular weight is 266 g/mol. The molecular formula is C14H22N2O3. The minimum absolute atomic E-state index is 0.101. The third-order valence-corrected chi connectivity index (χ3v) is 3.57. The Labute approximate surface area is 113 Å². The standard InChI is InChI=1S/C14H22N2O3/c1-2-12-14(18)13(17)4-7-16(12)6-3-5-15-8-10-19-11-9-15/h4,7,18H,2-3,5-6,8-11H2,1H3. The number of ether oxygens (including phenoxy) is 1. The number of hydrogen-bond donors (Lipinski definition) is 1. The topological polar surface area (TPSA) is 54.7 Å². The molecule has 1 aliphatic heterocycles. The molecule has 19 heavy (non-hydrogen) atoms. The first-order chi connectivity index (χ1) is 9.22. The number of aromatic nitrogens is 1. The van der Waals surface area contributed by atoms with Gasteiger partial charge in [0.1, 0.15) is 0 Å². The lowest BCUT2D eigenvalue weighted by Crippen LogP contribution is -2.37. The molecule has 1 fully saturated rings. The van der Waals surface area contributed by atoms with E-state index in [4.69, 9.17) is 4.74 Å². The van der Waals surface area contributed by atoms with Gasteiger partial charge in [0.2, 0.25) is 5.43 Å². The Balaban J connectivity index is 1.92. The van der Waals surface area contributed by atoms with Gasteiger partial charge < -0.3 is 14.4 Å². The van der Waals surface area contributed by atoms with E-state index in [2.05, 4.69) is 4.90 Å². The zero-order valence-electron chi connectivity index (χ0n) is 11.5. The molecule has 1 aromatic rings. The lowest BCUT2D eigenvalue weighted by molar-refractivity contribution is 0.0369. The summed E-state index contributed by atoms with van der Waals surface area (Å²) in [4.78, 5) is 13.8. The fourth-order valence-corrected chi connectivity index (χ4v) is 2.47. The molecule has 0 spiro atoms. The summed E-state index contributed by atoms with van der Waals surface area (Å²) in [6, 6.07) is 1.43. The Kier molecular flexibility index (Phi) is 4.99. The summed E-state index contributed by atoms with van der Waals surface area (Å²) < 4.78 is 7.30. The van der Waals surface area contributed by atoms with Gasteiger partial charge in [-0.05, 0) is 12.8 Å². The van der Waals surface area contributed by atoms with Gasteiger partial charge in [-0.2, -0.15) is 0 Å². The van der Waals surface area contributed by atoms with Crippen LogP contribution in [-0.4, -0.2) is 47.4 Å². The minimum atomic E-state index is -0.290.